The van der Waals surface area contributed by atoms with Gasteiger partial charge in [-0.15, -0.1) is 0 Å². The number of esters is 1. The number of aliphatic carboxylic acids is 1. The number of hydrogen-bond acceptors (Lipinski definition) is 5. The first-order valence-corrected chi connectivity index (χ1v) is 12.3. The van der Waals surface area contributed by atoms with Gasteiger partial charge >= 0.3 is 11.9 Å². The number of fused-ring (bicyclic) bond motifs is 1. The Morgan fingerprint density at radius 2 is 1.81 bits per heavy atom. The molecule has 6 nitrogen and oxygen atoms in total. The summed E-state index contributed by atoms with van der Waals surface area (Å²) in [6.07, 6.45) is 9.52. The van der Waals surface area contributed by atoms with E-state index in [4.69, 9.17) is 9.84 Å². The minimum atomic E-state index is -1.07. The molecule has 0 saturated carbocycles. The van der Waals surface area contributed by atoms with Crippen LogP contribution in [0.5, 0.6) is 0 Å². The van der Waals surface area contributed by atoms with E-state index in [0.29, 0.717) is 6.42 Å². The standard InChI is InChI=1S/C26H42O6/c1-5-26(6-2,7-3)25(31)32-22-10-8-9-18-12-11-17(4)21(24(18)22)14-13-19(27)15-20(28)16-23(29)30/h9,11-12,17,19-22,24,27-28H,5-8,10,13-16H2,1-4H3,(H,29,30). The van der Waals surface area contributed by atoms with Gasteiger partial charge < -0.3 is 20.1 Å². The Morgan fingerprint density at radius 3 is 2.41 bits per heavy atom. The van der Waals surface area contributed by atoms with Crippen LogP contribution in [0.3, 0.4) is 0 Å². The van der Waals surface area contributed by atoms with Gasteiger partial charge in [0.2, 0.25) is 0 Å². The van der Waals surface area contributed by atoms with Crippen molar-refractivity contribution < 1.29 is 29.6 Å². The average molecular weight is 451 g/mol. The Labute approximate surface area is 192 Å². The lowest BCUT2D eigenvalue weighted by Crippen LogP contribution is -2.42. The molecule has 0 amide bonds. The average Bonchev–Trinajstić information content (AvgIpc) is 2.74. The molecule has 2 rings (SSSR count). The van der Waals surface area contributed by atoms with Crippen LogP contribution in [0.1, 0.15) is 85.5 Å². The molecule has 0 aliphatic heterocycles. The Morgan fingerprint density at radius 1 is 1.16 bits per heavy atom. The van der Waals surface area contributed by atoms with Crippen molar-refractivity contribution in [2.24, 2.45) is 23.2 Å². The van der Waals surface area contributed by atoms with Crippen molar-refractivity contribution in [3.05, 3.63) is 23.8 Å². The molecule has 6 unspecified atom stereocenters. The Hall–Kier alpha value is -1.66. The van der Waals surface area contributed by atoms with E-state index in [1.54, 1.807) is 0 Å². The lowest BCUT2D eigenvalue weighted by atomic mass is 9.66. The fourth-order valence-electron chi connectivity index (χ4n) is 5.50. The molecule has 0 spiro atoms. The van der Waals surface area contributed by atoms with Gasteiger partial charge in [-0.1, -0.05) is 45.9 Å². The first kappa shape index (κ1) is 26.6. The number of carbonyl (C=O) groups is 2. The maximum absolute atomic E-state index is 13.2. The number of allylic oxidation sites excluding steroid dienone is 3. The third kappa shape index (κ3) is 6.44. The van der Waals surface area contributed by atoms with Crippen molar-refractivity contribution in [1.29, 1.82) is 0 Å². The minimum Gasteiger partial charge on any atom is -0.481 e. The highest BCUT2D eigenvalue weighted by Crippen LogP contribution is 2.45. The topological polar surface area (TPSA) is 104 Å². The van der Waals surface area contributed by atoms with Crippen LogP contribution < -0.4 is 0 Å². The van der Waals surface area contributed by atoms with Crippen molar-refractivity contribution in [2.75, 3.05) is 0 Å². The van der Waals surface area contributed by atoms with E-state index >= 15 is 0 Å². The summed E-state index contributed by atoms with van der Waals surface area (Å²) in [5.74, 6) is -0.559. The molecule has 182 valence electrons. The maximum atomic E-state index is 13.2. The second-order valence-corrected chi connectivity index (χ2v) is 9.69. The number of carbonyl (C=O) groups excluding carboxylic acids is 1. The lowest BCUT2D eigenvalue weighted by Gasteiger charge is -2.43. The van der Waals surface area contributed by atoms with Crippen LogP contribution in [0.15, 0.2) is 23.8 Å². The van der Waals surface area contributed by atoms with Crippen LogP contribution >= 0.6 is 0 Å². The summed E-state index contributed by atoms with van der Waals surface area (Å²) >= 11 is 0. The number of ether oxygens (including phenoxy) is 1. The van der Waals surface area contributed by atoms with E-state index in [0.717, 1.165) is 38.5 Å². The smallest absolute Gasteiger partial charge is 0.312 e. The molecular formula is C26H42O6. The van der Waals surface area contributed by atoms with Gasteiger partial charge in [0, 0.05) is 5.92 Å². The molecule has 6 atom stereocenters. The molecule has 2 aliphatic rings. The lowest BCUT2D eigenvalue weighted by molar-refractivity contribution is -0.167. The summed E-state index contributed by atoms with van der Waals surface area (Å²) in [5, 5.41) is 29.0. The number of carboxylic acid groups (broad SMARTS) is 1. The molecule has 6 heteroatoms. The summed E-state index contributed by atoms with van der Waals surface area (Å²) in [6.45, 7) is 8.31. The van der Waals surface area contributed by atoms with Crippen molar-refractivity contribution in [2.45, 2.75) is 104 Å². The molecule has 0 fully saturated rings. The first-order valence-electron chi connectivity index (χ1n) is 12.3. The predicted molar refractivity (Wildman–Crippen MR) is 124 cm³/mol. The molecule has 0 aromatic heterocycles. The number of hydrogen-bond donors (Lipinski definition) is 3. The van der Waals surface area contributed by atoms with Crippen LogP contribution in [0.4, 0.5) is 0 Å². The van der Waals surface area contributed by atoms with E-state index in [2.05, 4.69) is 45.9 Å². The Balaban J connectivity index is 2.11. The van der Waals surface area contributed by atoms with Crippen molar-refractivity contribution in [3.8, 4) is 0 Å². The predicted octanol–water partition coefficient (Wildman–Crippen LogP) is 4.64. The van der Waals surface area contributed by atoms with Crippen LogP contribution in [0.25, 0.3) is 0 Å². The number of carboxylic acids is 1. The molecule has 0 saturated heterocycles. The van der Waals surface area contributed by atoms with Gasteiger partial charge in [0.25, 0.3) is 0 Å². The van der Waals surface area contributed by atoms with Crippen LogP contribution in [0.2, 0.25) is 0 Å². The van der Waals surface area contributed by atoms with E-state index in [1.807, 2.05) is 0 Å². The second kappa shape index (κ2) is 12.0. The van der Waals surface area contributed by atoms with Crippen molar-refractivity contribution >= 4 is 11.9 Å². The van der Waals surface area contributed by atoms with Gasteiger partial charge in [-0.2, -0.15) is 0 Å². The molecule has 32 heavy (non-hydrogen) atoms. The van der Waals surface area contributed by atoms with Gasteiger partial charge in [-0.3, -0.25) is 9.59 Å². The summed E-state index contributed by atoms with van der Waals surface area (Å²) in [7, 11) is 0. The highest BCUT2D eigenvalue weighted by atomic mass is 16.5. The molecule has 2 aliphatic carbocycles. The quantitative estimate of drug-likeness (QED) is 0.374. The monoisotopic (exact) mass is 450 g/mol. The van der Waals surface area contributed by atoms with Gasteiger partial charge in [-0.05, 0) is 68.8 Å². The Bertz CT molecular complexity index is 684. The SMILES string of the molecule is CCC(CC)(CC)C(=O)OC1CCC=C2C=CC(C)C(CCC(O)CC(O)CC(=O)O)C21. The summed E-state index contributed by atoms with van der Waals surface area (Å²) in [4.78, 5) is 23.9. The van der Waals surface area contributed by atoms with E-state index in [9.17, 15) is 19.8 Å². The molecule has 0 radical (unpaired) electrons. The molecule has 0 aromatic carbocycles. The van der Waals surface area contributed by atoms with Crippen LogP contribution in [-0.2, 0) is 14.3 Å². The first-order chi connectivity index (χ1) is 15.2. The van der Waals surface area contributed by atoms with E-state index < -0.39 is 23.6 Å². The summed E-state index contributed by atoms with van der Waals surface area (Å²) in [6, 6.07) is 0. The van der Waals surface area contributed by atoms with Gasteiger partial charge in [0.15, 0.2) is 0 Å². The normalized spacial score (nSPS) is 27.2. The van der Waals surface area contributed by atoms with Gasteiger partial charge in [-0.25, -0.2) is 0 Å². The largest absolute Gasteiger partial charge is 0.481 e. The van der Waals surface area contributed by atoms with Gasteiger partial charge in [0.1, 0.15) is 6.10 Å². The van der Waals surface area contributed by atoms with Crippen molar-refractivity contribution in [1.82, 2.24) is 0 Å². The molecule has 0 bridgehead atoms. The molecule has 0 heterocycles. The number of aliphatic hydroxyl groups excluding tert-OH is 2. The number of rotatable bonds is 12. The highest BCUT2D eigenvalue weighted by molar-refractivity contribution is 5.77. The van der Waals surface area contributed by atoms with Crippen molar-refractivity contribution in [3.63, 3.8) is 0 Å². The molecule has 3 N–H and O–H groups in total. The maximum Gasteiger partial charge on any atom is 0.312 e. The molecule has 0 aromatic rings. The second-order valence-electron chi connectivity index (χ2n) is 9.69. The van der Waals surface area contributed by atoms with Crippen LogP contribution in [0, 0.1) is 23.2 Å². The fourth-order valence-corrected chi connectivity index (χ4v) is 5.50. The summed E-state index contributed by atoms with van der Waals surface area (Å²) < 4.78 is 6.21. The third-order valence-corrected chi connectivity index (χ3v) is 7.85. The molecular weight excluding hydrogens is 408 g/mol. The van der Waals surface area contributed by atoms with E-state index in [-0.39, 0.29) is 42.7 Å². The van der Waals surface area contributed by atoms with Gasteiger partial charge in [0.05, 0.1) is 24.0 Å². The zero-order valence-electron chi connectivity index (χ0n) is 20.1. The van der Waals surface area contributed by atoms with Crippen LogP contribution in [-0.4, -0.2) is 45.6 Å². The minimum absolute atomic E-state index is 0.0566. The zero-order chi connectivity index (χ0) is 23.9. The number of aliphatic hydroxyl groups is 2. The third-order valence-electron chi connectivity index (χ3n) is 7.85. The zero-order valence-corrected chi connectivity index (χ0v) is 20.1. The Kier molecular flexibility index (Phi) is 9.96. The fraction of sp³-hybridized carbons (Fsp3) is 0.769. The summed E-state index contributed by atoms with van der Waals surface area (Å²) in [5.41, 5.74) is 0.788. The van der Waals surface area contributed by atoms with E-state index in [1.165, 1.54) is 5.57 Å². The highest BCUT2D eigenvalue weighted by Gasteiger charge is 2.43.